The van der Waals surface area contributed by atoms with E-state index < -0.39 is 46.5 Å². The van der Waals surface area contributed by atoms with Crippen LogP contribution in [0.5, 0.6) is 0 Å². The molecular formula is C32H42O8. The smallest absolute Gasteiger partial charge is 0.338 e. The van der Waals surface area contributed by atoms with E-state index in [2.05, 4.69) is 0 Å². The summed E-state index contributed by atoms with van der Waals surface area (Å²) in [7, 11) is 1.55. The van der Waals surface area contributed by atoms with Gasteiger partial charge in [-0.05, 0) is 48.3 Å². The highest BCUT2D eigenvalue weighted by molar-refractivity contribution is 5.96. The average Bonchev–Trinajstić information content (AvgIpc) is 3.18. The Kier molecular flexibility index (Phi) is 9.47. The molecule has 0 aromatic heterocycles. The zero-order valence-electron chi connectivity index (χ0n) is 24.1. The Balaban J connectivity index is 1.66. The van der Waals surface area contributed by atoms with Crippen LogP contribution in [0.2, 0.25) is 0 Å². The summed E-state index contributed by atoms with van der Waals surface area (Å²) in [5.74, 6) is -1.33. The van der Waals surface area contributed by atoms with E-state index in [1.807, 2.05) is 58.0 Å². The second-order valence-corrected chi connectivity index (χ2v) is 12.1. The molecule has 0 amide bonds. The Bertz CT molecular complexity index is 1130. The quantitative estimate of drug-likeness (QED) is 0.251. The molecule has 218 valence electrons. The number of hydrogen-bond acceptors (Lipinski definition) is 8. The number of Topliss-reactive ketones (excluding diaryl/α,β-unsaturated/α-hetero) is 1. The molecule has 0 saturated heterocycles. The zero-order valence-corrected chi connectivity index (χ0v) is 24.1. The lowest BCUT2D eigenvalue weighted by Crippen LogP contribution is -2.55. The highest BCUT2D eigenvalue weighted by Crippen LogP contribution is 2.56. The third-order valence-electron chi connectivity index (χ3n) is 8.77. The van der Waals surface area contributed by atoms with Gasteiger partial charge in [-0.2, -0.15) is 0 Å². The van der Waals surface area contributed by atoms with E-state index in [4.69, 9.17) is 23.7 Å². The van der Waals surface area contributed by atoms with E-state index in [-0.39, 0.29) is 32.3 Å². The Morgan fingerprint density at radius 1 is 0.950 bits per heavy atom. The Morgan fingerprint density at radius 2 is 1.60 bits per heavy atom. The van der Waals surface area contributed by atoms with Gasteiger partial charge in [0.2, 0.25) is 5.78 Å². The molecule has 0 aliphatic heterocycles. The number of carbonyl (C=O) groups excluding carboxylic acids is 2. The van der Waals surface area contributed by atoms with Crippen molar-refractivity contribution in [3.05, 3.63) is 71.8 Å². The number of rotatable bonds is 10. The summed E-state index contributed by atoms with van der Waals surface area (Å²) in [5.41, 5.74) is -1.96. The van der Waals surface area contributed by atoms with E-state index >= 15 is 0 Å². The standard InChI is InChI=1S/C32H42O8/c1-30(2)18-25(40-29(34)23-14-10-7-11-15-23)27(33)32(35)17-16-24(31(32,3)4)26(38-20-36-5)28(30)39-21-37-19-22-12-8-6-9-13-22/h6-15,24-26,28,35H,16-21H2,1-5H3/t24-,25-,26-,28-,32-/m1/s1. The van der Waals surface area contributed by atoms with Gasteiger partial charge in [-0.15, -0.1) is 0 Å². The lowest BCUT2D eigenvalue weighted by molar-refractivity contribution is -0.218. The number of fused-ring (bicyclic) bond motifs is 2. The third kappa shape index (κ3) is 6.16. The second-order valence-electron chi connectivity index (χ2n) is 12.1. The fraction of sp³-hybridized carbons (Fsp3) is 0.562. The molecule has 2 fully saturated rings. The SMILES string of the molecule is COCO[C@H]1[C@@H](OCOCc2ccccc2)C(C)(C)C[C@@H](OC(=O)c2ccccc2)C(=O)[C@]2(O)CC[C@H]1C2(C)C. The molecular weight excluding hydrogens is 512 g/mol. The molecule has 0 spiro atoms. The van der Waals surface area contributed by atoms with Gasteiger partial charge in [0.05, 0.1) is 24.4 Å². The highest BCUT2D eigenvalue weighted by atomic mass is 16.7. The van der Waals surface area contributed by atoms with E-state index in [1.165, 1.54) is 0 Å². The van der Waals surface area contributed by atoms with Gasteiger partial charge in [0.1, 0.15) is 19.2 Å². The zero-order chi connectivity index (χ0) is 29.0. The maximum absolute atomic E-state index is 14.1. The van der Waals surface area contributed by atoms with Gasteiger partial charge in [-0.1, -0.05) is 76.2 Å². The normalized spacial score (nSPS) is 29.3. The lowest BCUT2D eigenvalue weighted by Gasteiger charge is -2.45. The molecule has 8 heteroatoms. The Morgan fingerprint density at radius 3 is 2.25 bits per heavy atom. The maximum atomic E-state index is 14.1. The number of esters is 1. The van der Waals surface area contributed by atoms with Crippen molar-refractivity contribution in [1.82, 2.24) is 0 Å². The van der Waals surface area contributed by atoms with Crippen molar-refractivity contribution < 1.29 is 38.4 Å². The molecule has 0 heterocycles. The van der Waals surface area contributed by atoms with Crippen molar-refractivity contribution in [3.8, 4) is 0 Å². The van der Waals surface area contributed by atoms with Crippen LogP contribution in [-0.4, -0.2) is 61.5 Å². The number of hydrogen-bond donors (Lipinski definition) is 1. The minimum atomic E-state index is -1.71. The molecule has 0 radical (unpaired) electrons. The molecule has 2 bridgehead atoms. The predicted octanol–water partition coefficient (Wildman–Crippen LogP) is 4.93. The van der Waals surface area contributed by atoms with Crippen LogP contribution in [-0.2, 0) is 35.1 Å². The fourth-order valence-corrected chi connectivity index (χ4v) is 6.37. The number of ether oxygens (including phenoxy) is 5. The van der Waals surface area contributed by atoms with Gasteiger partial charge in [0, 0.05) is 12.5 Å². The number of methoxy groups -OCH3 is 1. The van der Waals surface area contributed by atoms with Crippen molar-refractivity contribution >= 4 is 11.8 Å². The third-order valence-corrected chi connectivity index (χ3v) is 8.77. The van der Waals surface area contributed by atoms with Gasteiger partial charge in [-0.3, -0.25) is 4.79 Å². The van der Waals surface area contributed by atoms with Crippen LogP contribution in [0.1, 0.15) is 62.9 Å². The number of benzene rings is 2. The first-order valence-electron chi connectivity index (χ1n) is 13.9. The van der Waals surface area contributed by atoms with E-state index in [9.17, 15) is 14.7 Å². The minimum Gasteiger partial charge on any atom is -0.451 e. The fourth-order valence-electron chi connectivity index (χ4n) is 6.37. The summed E-state index contributed by atoms with van der Waals surface area (Å²) in [6, 6.07) is 18.4. The molecule has 0 unspecified atom stereocenters. The topological polar surface area (TPSA) is 101 Å². The summed E-state index contributed by atoms with van der Waals surface area (Å²) in [6.45, 7) is 8.08. The van der Waals surface area contributed by atoms with Crippen LogP contribution < -0.4 is 0 Å². The molecule has 4 rings (SSSR count). The van der Waals surface area contributed by atoms with Gasteiger partial charge >= 0.3 is 5.97 Å². The molecule has 5 atom stereocenters. The van der Waals surface area contributed by atoms with Crippen molar-refractivity contribution in [2.24, 2.45) is 16.7 Å². The van der Waals surface area contributed by atoms with Crippen molar-refractivity contribution in [2.45, 2.75) is 77.5 Å². The first-order valence-corrected chi connectivity index (χ1v) is 13.9. The van der Waals surface area contributed by atoms with Crippen LogP contribution >= 0.6 is 0 Å². The summed E-state index contributed by atoms with van der Waals surface area (Å²) >= 11 is 0. The Hall–Kier alpha value is -2.62. The molecule has 40 heavy (non-hydrogen) atoms. The second kappa shape index (κ2) is 12.5. The van der Waals surface area contributed by atoms with Crippen LogP contribution in [0.25, 0.3) is 0 Å². The number of aliphatic hydroxyl groups is 1. The lowest BCUT2D eigenvalue weighted by atomic mass is 9.67. The molecule has 8 nitrogen and oxygen atoms in total. The molecule has 1 N–H and O–H groups in total. The Labute approximate surface area is 236 Å². The predicted molar refractivity (Wildman–Crippen MR) is 148 cm³/mol. The van der Waals surface area contributed by atoms with Crippen LogP contribution in [0, 0.1) is 16.7 Å². The summed E-state index contributed by atoms with van der Waals surface area (Å²) in [5, 5.41) is 11.9. The van der Waals surface area contributed by atoms with Crippen molar-refractivity contribution in [2.75, 3.05) is 20.7 Å². The van der Waals surface area contributed by atoms with E-state index in [0.717, 1.165) is 5.56 Å². The van der Waals surface area contributed by atoms with Gasteiger partial charge < -0.3 is 28.8 Å². The van der Waals surface area contributed by atoms with Crippen LogP contribution in [0.15, 0.2) is 60.7 Å². The molecule has 2 aromatic carbocycles. The van der Waals surface area contributed by atoms with E-state index in [1.54, 1.807) is 37.4 Å². The van der Waals surface area contributed by atoms with Gasteiger partial charge in [-0.25, -0.2) is 4.79 Å². The summed E-state index contributed by atoms with van der Waals surface area (Å²) in [6.07, 6.45) is -1.36. The molecule has 2 aliphatic rings. The van der Waals surface area contributed by atoms with Crippen molar-refractivity contribution in [1.29, 1.82) is 0 Å². The summed E-state index contributed by atoms with van der Waals surface area (Å²) < 4.78 is 29.8. The average molecular weight is 555 g/mol. The molecule has 2 aliphatic carbocycles. The number of ketones is 1. The minimum absolute atomic E-state index is 0.00430. The monoisotopic (exact) mass is 554 g/mol. The first-order chi connectivity index (χ1) is 19.0. The largest absolute Gasteiger partial charge is 0.451 e. The highest BCUT2D eigenvalue weighted by Gasteiger charge is 2.65. The van der Waals surface area contributed by atoms with E-state index in [0.29, 0.717) is 18.6 Å². The van der Waals surface area contributed by atoms with Gasteiger partial charge in [0.15, 0.2) is 6.10 Å². The molecule has 2 saturated carbocycles. The van der Waals surface area contributed by atoms with Gasteiger partial charge in [0.25, 0.3) is 0 Å². The van der Waals surface area contributed by atoms with Crippen molar-refractivity contribution in [3.63, 3.8) is 0 Å². The first kappa shape index (κ1) is 30.3. The maximum Gasteiger partial charge on any atom is 0.338 e. The van der Waals surface area contributed by atoms with Crippen LogP contribution in [0.3, 0.4) is 0 Å². The number of carbonyl (C=O) groups is 2. The van der Waals surface area contributed by atoms with Crippen LogP contribution in [0.4, 0.5) is 0 Å². The summed E-state index contributed by atoms with van der Waals surface area (Å²) in [4.78, 5) is 27.2. The molecule has 2 aromatic rings.